The largest absolute Gasteiger partial charge is 0.357 e. The molecule has 0 aliphatic carbocycles. The molecule has 0 heterocycles. The van der Waals surface area contributed by atoms with E-state index in [9.17, 15) is 9.59 Å². The zero-order chi connectivity index (χ0) is 18.2. The third-order valence-corrected chi connectivity index (χ3v) is 4.49. The summed E-state index contributed by atoms with van der Waals surface area (Å²) in [5, 5.41) is 2.64. The second-order valence-electron chi connectivity index (χ2n) is 6.22. The van der Waals surface area contributed by atoms with Gasteiger partial charge in [0.15, 0.2) is 0 Å². The van der Waals surface area contributed by atoms with Crippen LogP contribution in [0.5, 0.6) is 0 Å². The van der Waals surface area contributed by atoms with Gasteiger partial charge in [-0.1, -0.05) is 54.6 Å². The Morgan fingerprint density at radius 1 is 1.04 bits per heavy atom. The molecule has 0 saturated heterocycles. The summed E-state index contributed by atoms with van der Waals surface area (Å²) in [7, 11) is 1.60. The van der Waals surface area contributed by atoms with E-state index in [4.69, 9.17) is 0 Å². The van der Waals surface area contributed by atoms with E-state index in [0.29, 0.717) is 19.4 Å². The second-order valence-corrected chi connectivity index (χ2v) is 6.22. The summed E-state index contributed by atoms with van der Waals surface area (Å²) in [5.41, 5.74) is 3.30. The van der Waals surface area contributed by atoms with Crippen LogP contribution >= 0.6 is 0 Å². The van der Waals surface area contributed by atoms with Crippen molar-refractivity contribution in [3.05, 3.63) is 71.3 Å². The molecule has 0 saturated carbocycles. The predicted molar refractivity (Wildman–Crippen MR) is 100 cm³/mol. The SMILES string of the molecule is CNC(=O)C(C)N(Cc1ccccc1C)C(=O)CCc1ccccc1. The molecule has 2 aromatic carbocycles. The fraction of sp³-hybridized carbons (Fsp3) is 0.333. The number of likely N-dealkylation sites (N-methyl/N-ethyl adjacent to an activating group) is 1. The number of carbonyl (C=O) groups excluding carboxylic acids is 2. The average molecular weight is 338 g/mol. The highest BCUT2D eigenvalue weighted by Crippen LogP contribution is 2.15. The lowest BCUT2D eigenvalue weighted by Gasteiger charge is -2.29. The van der Waals surface area contributed by atoms with Gasteiger partial charge in [0, 0.05) is 20.0 Å². The third-order valence-electron chi connectivity index (χ3n) is 4.49. The number of hydrogen-bond donors (Lipinski definition) is 1. The van der Waals surface area contributed by atoms with Crippen molar-refractivity contribution in [3.8, 4) is 0 Å². The van der Waals surface area contributed by atoms with Gasteiger partial charge in [-0.2, -0.15) is 0 Å². The van der Waals surface area contributed by atoms with Crippen molar-refractivity contribution in [3.63, 3.8) is 0 Å². The molecule has 2 aromatic rings. The van der Waals surface area contributed by atoms with Crippen molar-refractivity contribution in [1.82, 2.24) is 10.2 Å². The van der Waals surface area contributed by atoms with Gasteiger partial charge in [0.25, 0.3) is 0 Å². The molecule has 2 rings (SSSR count). The van der Waals surface area contributed by atoms with E-state index in [2.05, 4.69) is 5.32 Å². The summed E-state index contributed by atoms with van der Waals surface area (Å²) in [5.74, 6) is -0.162. The van der Waals surface area contributed by atoms with Gasteiger partial charge in [-0.15, -0.1) is 0 Å². The lowest BCUT2D eigenvalue weighted by atomic mass is 10.1. The maximum absolute atomic E-state index is 12.8. The first-order chi connectivity index (χ1) is 12.0. The fourth-order valence-electron chi connectivity index (χ4n) is 2.80. The number of benzene rings is 2. The van der Waals surface area contributed by atoms with Crippen LogP contribution < -0.4 is 5.32 Å². The summed E-state index contributed by atoms with van der Waals surface area (Å²) in [6.45, 7) is 4.24. The van der Waals surface area contributed by atoms with E-state index < -0.39 is 6.04 Å². The van der Waals surface area contributed by atoms with Crippen molar-refractivity contribution in [2.45, 2.75) is 39.3 Å². The smallest absolute Gasteiger partial charge is 0.242 e. The number of aryl methyl sites for hydroxylation is 2. The first-order valence-corrected chi connectivity index (χ1v) is 8.62. The summed E-state index contributed by atoms with van der Waals surface area (Å²) in [6.07, 6.45) is 1.06. The zero-order valence-electron chi connectivity index (χ0n) is 15.2. The predicted octanol–water partition coefficient (Wildman–Crippen LogP) is 3.09. The van der Waals surface area contributed by atoms with Crippen LogP contribution in [-0.4, -0.2) is 29.8 Å². The van der Waals surface area contributed by atoms with Crippen LogP contribution in [0.15, 0.2) is 54.6 Å². The van der Waals surface area contributed by atoms with Crippen LogP contribution in [0.3, 0.4) is 0 Å². The molecule has 1 N–H and O–H groups in total. The summed E-state index contributed by atoms with van der Waals surface area (Å²) < 4.78 is 0. The molecule has 25 heavy (non-hydrogen) atoms. The molecule has 0 aliphatic rings. The number of carbonyl (C=O) groups is 2. The van der Waals surface area contributed by atoms with Crippen LogP contribution in [0.2, 0.25) is 0 Å². The Morgan fingerprint density at radius 2 is 1.68 bits per heavy atom. The van der Waals surface area contributed by atoms with Crippen LogP contribution in [0, 0.1) is 6.92 Å². The minimum atomic E-state index is -0.507. The minimum Gasteiger partial charge on any atom is -0.357 e. The van der Waals surface area contributed by atoms with Crippen molar-refractivity contribution in [2.75, 3.05) is 7.05 Å². The number of amides is 2. The molecule has 4 nitrogen and oxygen atoms in total. The van der Waals surface area contributed by atoms with E-state index in [0.717, 1.165) is 16.7 Å². The van der Waals surface area contributed by atoms with E-state index >= 15 is 0 Å². The molecule has 4 heteroatoms. The van der Waals surface area contributed by atoms with Crippen LogP contribution in [0.25, 0.3) is 0 Å². The third kappa shape index (κ3) is 5.18. The Labute approximate surface area is 149 Å². The lowest BCUT2D eigenvalue weighted by Crippen LogP contribution is -2.46. The number of hydrogen-bond acceptors (Lipinski definition) is 2. The molecule has 0 spiro atoms. The molecule has 1 unspecified atom stereocenters. The molecule has 1 atom stereocenters. The number of rotatable bonds is 7. The molecule has 132 valence electrons. The molecule has 0 aliphatic heterocycles. The average Bonchev–Trinajstić information content (AvgIpc) is 2.65. The Morgan fingerprint density at radius 3 is 2.32 bits per heavy atom. The Bertz CT molecular complexity index is 713. The molecule has 0 radical (unpaired) electrons. The zero-order valence-corrected chi connectivity index (χ0v) is 15.2. The quantitative estimate of drug-likeness (QED) is 0.843. The highest BCUT2D eigenvalue weighted by atomic mass is 16.2. The highest BCUT2D eigenvalue weighted by Gasteiger charge is 2.25. The first kappa shape index (κ1) is 18.7. The van der Waals surface area contributed by atoms with Gasteiger partial charge in [0.05, 0.1) is 0 Å². The van der Waals surface area contributed by atoms with E-state index in [-0.39, 0.29) is 11.8 Å². The van der Waals surface area contributed by atoms with Crippen molar-refractivity contribution >= 4 is 11.8 Å². The lowest BCUT2D eigenvalue weighted by molar-refractivity contribution is -0.140. The first-order valence-electron chi connectivity index (χ1n) is 8.62. The maximum Gasteiger partial charge on any atom is 0.242 e. The maximum atomic E-state index is 12.8. The van der Waals surface area contributed by atoms with Crippen molar-refractivity contribution in [2.24, 2.45) is 0 Å². The fourth-order valence-corrected chi connectivity index (χ4v) is 2.80. The molecule has 0 fully saturated rings. The van der Waals surface area contributed by atoms with Crippen molar-refractivity contribution in [1.29, 1.82) is 0 Å². The molecular formula is C21H26N2O2. The Kier molecular flexibility index (Phi) is 6.75. The Hall–Kier alpha value is -2.62. The highest BCUT2D eigenvalue weighted by molar-refractivity contribution is 5.87. The summed E-state index contributed by atoms with van der Waals surface area (Å²) in [6, 6.07) is 17.4. The van der Waals surface area contributed by atoms with Gasteiger partial charge in [-0.05, 0) is 37.0 Å². The molecule has 0 bridgehead atoms. The summed E-state index contributed by atoms with van der Waals surface area (Å²) >= 11 is 0. The monoisotopic (exact) mass is 338 g/mol. The molecular weight excluding hydrogens is 312 g/mol. The van der Waals surface area contributed by atoms with Gasteiger partial charge in [-0.25, -0.2) is 0 Å². The van der Waals surface area contributed by atoms with Crippen LogP contribution in [0.1, 0.15) is 30.0 Å². The standard InChI is InChI=1S/C21H26N2O2/c1-16-9-7-8-12-19(16)15-23(17(2)21(25)22-3)20(24)14-13-18-10-5-4-6-11-18/h4-12,17H,13-15H2,1-3H3,(H,22,25). The molecule has 0 aromatic heterocycles. The van der Waals surface area contributed by atoms with Gasteiger partial charge in [0.1, 0.15) is 6.04 Å². The van der Waals surface area contributed by atoms with Gasteiger partial charge in [-0.3, -0.25) is 9.59 Å². The van der Waals surface area contributed by atoms with Crippen LogP contribution in [-0.2, 0) is 22.6 Å². The molecule has 2 amide bonds. The van der Waals surface area contributed by atoms with Crippen LogP contribution in [0.4, 0.5) is 0 Å². The normalized spacial score (nSPS) is 11.6. The van der Waals surface area contributed by atoms with Gasteiger partial charge >= 0.3 is 0 Å². The minimum absolute atomic E-state index is 0.0109. The van der Waals surface area contributed by atoms with E-state index in [1.54, 1.807) is 18.9 Å². The number of nitrogens with one attached hydrogen (secondary N) is 1. The van der Waals surface area contributed by atoms with Gasteiger partial charge in [0.2, 0.25) is 11.8 Å². The van der Waals surface area contributed by atoms with E-state index in [1.807, 2.05) is 61.5 Å². The Balaban J connectivity index is 2.14. The second kappa shape index (κ2) is 9.02. The number of nitrogens with zero attached hydrogens (tertiary/aromatic N) is 1. The van der Waals surface area contributed by atoms with Gasteiger partial charge < -0.3 is 10.2 Å². The van der Waals surface area contributed by atoms with Crippen molar-refractivity contribution < 1.29 is 9.59 Å². The summed E-state index contributed by atoms with van der Waals surface area (Å²) in [4.78, 5) is 26.6. The topological polar surface area (TPSA) is 49.4 Å². The van der Waals surface area contributed by atoms with E-state index in [1.165, 1.54) is 0 Å².